The second-order valence-electron chi connectivity index (χ2n) is 3.92. The van der Waals surface area contributed by atoms with Gasteiger partial charge in [0.15, 0.2) is 0 Å². The molecule has 0 radical (unpaired) electrons. The molecule has 1 amide bonds. The van der Waals surface area contributed by atoms with Gasteiger partial charge in [-0.25, -0.2) is 4.39 Å². The van der Waals surface area contributed by atoms with Gasteiger partial charge in [-0.3, -0.25) is 4.79 Å². The van der Waals surface area contributed by atoms with Gasteiger partial charge in [0.05, 0.1) is 17.2 Å². The Balaban J connectivity index is 2.30. The Bertz CT molecular complexity index is 418. The SMILES string of the molecule is CC1OCCCN1C(=O)c1c(F)cccc1Cl. The summed E-state index contributed by atoms with van der Waals surface area (Å²) in [6.07, 6.45) is 0.411. The Labute approximate surface area is 104 Å². The van der Waals surface area contributed by atoms with Gasteiger partial charge in [-0.15, -0.1) is 0 Å². The van der Waals surface area contributed by atoms with Gasteiger partial charge in [0, 0.05) is 6.54 Å². The zero-order chi connectivity index (χ0) is 12.4. The van der Waals surface area contributed by atoms with Crippen molar-refractivity contribution in [1.82, 2.24) is 4.90 Å². The van der Waals surface area contributed by atoms with Crippen LogP contribution in [0.4, 0.5) is 4.39 Å². The number of amides is 1. The van der Waals surface area contributed by atoms with Crippen molar-refractivity contribution in [2.75, 3.05) is 13.2 Å². The van der Waals surface area contributed by atoms with Gasteiger partial charge in [0.1, 0.15) is 12.0 Å². The van der Waals surface area contributed by atoms with E-state index in [2.05, 4.69) is 0 Å². The van der Waals surface area contributed by atoms with E-state index in [-0.39, 0.29) is 16.8 Å². The molecule has 1 heterocycles. The highest BCUT2D eigenvalue weighted by atomic mass is 35.5. The predicted octanol–water partition coefficient (Wildman–Crippen LogP) is 2.69. The van der Waals surface area contributed by atoms with Crippen molar-refractivity contribution in [3.8, 4) is 0 Å². The number of halogens is 2. The molecular formula is C12H13ClFNO2. The second kappa shape index (κ2) is 5.02. The Hall–Kier alpha value is -1.13. The first kappa shape index (κ1) is 12.3. The molecule has 17 heavy (non-hydrogen) atoms. The van der Waals surface area contributed by atoms with Crippen LogP contribution in [0.25, 0.3) is 0 Å². The lowest BCUT2D eigenvalue weighted by molar-refractivity contribution is -0.0662. The molecule has 0 spiro atoms. The molecule has 2 rings (SSSR count). The molecule has 1 aromatic carbocycles. The van der Waals surface area contributed by atoms with Gasteiger partial charge < -0.3 is 9.64 Å². The number of benzene rings is 1. The van der Waals surface area contributed by atoms with Crippen molar-refractivity contribution in [2.24, 2.45) is 0 Å². The molecular weight excluding hydrogens is 245 g/mol. The second-order valence-corrected chi connectivity index (χ2v) is 4.33. The third-order valence-electron chi connectivity index (χ3n) is 2.78. The predicted molar refractivity (Wildman–Crippen MR) is 62.5 cm³/mol. The summed E-state index contributed by atoms with van der Waals surface area (Å²) in [7, 11) is 0. The Morgan fingerprint density at radius 2 is 2.35 bits per heavy atom. The smallest absolute Gasteiger partial charge is 0.260 e. The fraction of sp³-hybridized carbons (Fsp3) is 0.417. The number of ether oxygens (including phenoxy) is 1. The van der Waals surface area contributed by atoms with E-state index in [1.165, 1.54) is 23.1 Å². The van der Waals surface area contributed by atoms with E-state index < -0.39 is 11.7 Å². The highest BCUT2D eigenvalue weighted by Crippen LogP contribution is 2.23. The highest BCUT2D eigenvalue weighted by Gasteiger charge is 2.28. The first-order valence-corrected chi connectivity index (χ1v) is 5.85. The van der Waals surface area contributed by atoms with Crippen molar-refractivity contribution >= 4 is 17.5 Å². The zero-order valence-electron chi connectivity index (χ0n) is 9.45. The molecule has 1 unspecified atom stereocenters. The van der Waals surface area contributed by atoms with E-state index >= 15 is 0 Å². The lowest BCUT2D eigenvalue weighted by atomic mass is 10.1. The fourth-order valence-electron chi connectivity index (χ4n) is 1.87. The topological polar surface area (TPSA) is 29.5 Å². The molecule has 0 aromatic heterocycles. The summed E-state index contributed by atoms with van der Waals surface area (Å²) in [5.74, 6) is -1.01. The lowest BCUT2D eigenvalue weighted by Gasteiger charge is -2.33. The van der Waals surface area contributed by atoms with Crippen LogP contribution < -0.4 is 0 Å². The number of carbonyl (C=O) groups excluding carboxylic acids is 1. The number of hydrogen-bond acceptors (Lipinski definition) is 2. The maximum atomic E-state index is 13.6. The molecule has 0 saturated carbocycles. The van der Waals surface area contributed by atoms with Crippen LogP contribution in [0.5, 0.6) is 0 Å². The van der Waals surface area contributed by atoms with E-state index in [4.69, 9.17) is 16.3 Å². The normalized spacial score (nSPS) is 20.4. The molecule has 5 heteroatoms. The van der Waals surface area contributed by atoms with Crippen molar-refractivity contribution < 1.29 is 13.9 Å². The van der Waals surface area contributed by atoms with Crippen LogP contribution in [0.15, 0.2) is 18.2 Å². The van der Waals surface area contributed by atoms with Crippen LogP contribution in [-0.4, -0.2) is 30.2 Å². The molecule has 92 valence electrons. The number of rotatable bonds is 1. The minimum Gasteiger partial charge on any atom is -0.359 e. The molecule has 0 bridgehead atoms. The number of nitrogens with zero attached hydrogens (tertiary/aromatic N) is 1. The highest BCUT2D eigenvalue weighted by molar-refractivity contribution is 6.33. The molecule has 1 aliphatic rings. The number of carbonyl (C=O) groups is 1. The first-order chi connectivity index (χ1) is 8.11. The summed E-state index contributed by atoms with van der Waals surface area (Å²) >= 11 is 5.86. The lowest BCUT2D eigenvalue weighted by Crippen LogP contribution is -2.45. The summed E-state index contributed by atoms with van der Waals surface area (Å²) in [5, 5.41) is 0.132. The third-order valence-corrected chi connectivity index (χ3v) is 3.09. The minimum absolute atomic E-state index is 0.0773. The van der Waals surface area contributed by atoms with Crippen molar-refractivity contribution in [1.29, 1.82) is 0 Å². The van der Waals surface area contributed by atoms with Crippen LogP contribution in [0.2, 0.25) is 5.02 Å². The van der Waals surface area contributed by atoms with Gasteiger partial charge in [-0.1, -0.05) is 17.7 Å². The van der Waals surface area contributed by atoms with Gasteiger partial charge in [-0.05, 0) is 25.5 Å². The Morgan fingerprint density at radius 3 is 3.00 bits per heavy atom. The standard InChI is InChI=1S/C12H13ClFNO2/c1-8-15(6-3-7-17-8)12(16)11-9(13)4-2-5-10(11)14/h2,4-5,8H,3,6-7H2,1H3. The summed E-state index contributed by atoms with van der Waals surface area (Å²) in [6.45, 7) is 2.95. The first-order valence-electron chi connectivity index (χ1n) is 5.48. The summed E-state index contributed by atoms with van der Waals surface area (Å²) in [4.78, 5) is 13.7. The van der Waals surface area contributed by atoms with E-state index in [1.807, 2.05) is 0 Å². The molecule has 1 aliphatic heterocycles. The minimum atomic E-state index is -0.597. The van der Waals surface area contributed by atoms with E-state index in [1.54, 1.807) is 6.92 Å². The molecule has 1 saturated heterocycles. The Morgan fingerprint density at radius 1 is 1.59 bits per heavy atom. The Kier molecular flexibility index (Phi) is 3.64. The van der Waals surface area contributed by atoms with Gasteiger partial charge in [0.25, 0.3) is 5.91 Å². The summed E-state index contributed by atoms with van der Waals surface area (Å²) in [6, 6.07) is 4.21. The molecule has 1 fully saturated rings. The van der Waals surface area contributed by atoms with Crippen molar-refractivity contribution in [2.45, 2.75) is 19.6 Å². The zero-order valence-corrected chi connectivity index (χ0v) is 10.2. The van der Waals surface area contributed by atoms with Crippen molar-refractivity contribution in [3.63, 3.8) is 0 Å². The molecule has 3 nitrogen and oxygen atoms in total. The van der Waals surface area contributed by atoms with Gasteiger partial charge >= 0.3 is 0 Å². The van der Waals surface area contributed by atoms with E-state index in [0.29, 0.717) is 13.2 Å². The fourth-order valence-corrected chi connectivity index (χ4v) is 2.12. The average Bonchev–Trinajstić information content (AvgIpc) is 2.29. The molecule has 1 aromatic rings. The third kappa shape index (κ3) is 2.42. The average molecular weight is 258 g/mol. The summed E-state index contributed by atoms with van der Waals surface area (Å²) < 4.78 is 19.0. The largest absolute Gasteiger partial charge is 0.359 e. The molecule has 0 aliphatic carbocycles. The van der Waals surface area contributed by atoms with Crippen LogP contribution in [-0.2, 0) is 4.74 Å². The monoisotopic (exact) mass is 257 g/mol. The van der Waals surface area contributed by atoms with Gasteiger partial charge in [-0.2, -0.15) is 0 Å². The maximum absolute atomic E-state index is 13.6. The number of hydrogen-bond donors (Lipinski definition) is 0. The summed E-state index contributed by atoms with van der Waals surface area (Å²) in [5.41, 5.74) is -0.0773. The van der Waals surface area contributed by atoms with Crippen molar-refractivity contribution in [3.05, 3.63) is 34.6 Å². The van der Waals surface area contributed by atoms with Gasteiger partial charge in [0.2, 0.25) is 0 Å². The maximum Gasteiger partial charge on any atom is 0.260 e. The van der Waals surface area contributed by atoms with Crippen LogP contribution in [0.1, 0.15) is 23.7 Å². The molecule has 1 atom stereocenters. The molecule has 0 N–H and O–H groups in total. The van der Waals surface area contributed by atoms with E-state index in [0.717, 1.165) is 6.42 Å². The van der Waals surface area contributed by atoms with Crippen LogP contribution in [0, 0.1) is 5.82 Å². The van der Waals surface area contributed by atoms with Crippen LogP contribution in [0.3, 0.4) is 0 Å². The quantitative estimate of drug-likeness (QED) is 0.774. The van der Waals surface area contributed by atoms with Crippen LogP contribution >= 0.6 is 11.6 Å². The van der Waals surface area contributed by atoms with E-state index in [9.17, 15) is 9.18 Å².